The van der Waals surface area contributed by atoms with Gasteiger partial charge in [-0.3, -0.25) is 19.7 Å². The van der Waals surface area contributed by atoms with E-state index in [1.54, 1.807) is 34.9 Å². The maximum Gasteiger partial charge on any atom is 0.269 e. The molecule has 3 rings (SSSR count). The fourth-order valence-corrected chi connectivity index (χ4v) is 3.33. The smallest absolute Gasteiger partial charge is 0.269 e. The van der Waals surface area contributed by atoms with E-state index in [4.69, 9.17) is 9.47 Å². The molecule has 0 radical (unpaired) electrons. The third-order valence-electron chi connectivity index (χ3n) is 5.14. The van der Waals surface area contributed by atoms with Crippen molar-refractivity contribution in [3.8, 4) is 17.2 Å². The highest BCUT2D eigenvalue weighted by Crippen LogP contribution is 2.25. The normalized spacial score (nSPS) is 13.5. The summed E-state index contributed by atoms with van der Waals surface area (Å²) in [5, 5.41) is 20.5. The minimum absolute atomic E-state index is 0.00989. The second kappa shape index (κ2) is 10.5. The van der Waals surface area contributed by atoms with Crippen LogP contribution in [-0.4, -0.2) is 71.0 Å². The Balaban J connectivity index is 1.39. The molecule has 1 saturated heterocycles. The Morgan fingerprint density at radius 2 is 1.66 bits per heavy atom. The van der Waals surface area contributed by atoms with Gasteiger partial charge in [0, 0.05) is 38.3 Å². The number of amides is 2. The zero-order valence-electron chi connectivity index (χ0n) is 17.7. The monoisotopic (exact) mass is 443 g/mol. The van der Waals surface area contributed by atoms with Gasteiger partial charge >= 0.3 is 0 Å². The second-order valence-corrected chi connectivity index (χ2v) is 7.32. The summed E-state index contributed by atoms with van der Waals surface area (Å²) < 4.78 is 11.0. The molecule has 0 aliphatic carbocycles. The van der Waals surface area contributed by atoms with Crippen LogP contribution >= 0.6 is 0 Å². The van der Waals surface area contributed by atoms with Crippen LogP contribution in [0.3, 0.4) is 0 Å². The lowest BCUT2D eigenvalue weighted by molar-refractivity contribution is -0.384. The van der Waals surface area contributed by atoms with Crippen LogP contribution in [0.15, 0.2) is 42.5 Å². The van der Waals surface area contributed by atoms with Gasteiger partial charge in [0.25, 0.3) is 11.6 Å². The Labute approximate surface area is 185 Å². The standard InChI is InChI=1S/C22H25N3O7/c1-16-14-17(25(29)30)6-7-19(16)31-13-8-21(27)23-9-11-24(12-10-23)22(28)15-32-20-5-3-2-4-18(20)26/h2-7,14,26H,8-13,15H2,1H3. The Morgan fingerprint density at radius 3 is 2.28 bits per heavy atom. The van der Waals surface area contributed by atoms with Crippen LogP contribution in [0.25, 0.3) is 0 Å². The predicted octanol–water partition coefficient (Wildman–Crippen LogP) is 2.13. The quantitative estimate of drug-likeness (QED) is 0.490. The third kappa shape index (κ3) is 5.87. The fourth-order valence-electron chi connectivity index (χ4n) is 3.33. The van der Waals surface area contributed by atoms with Gasteiger partial charge in [-0.2, -0.15) is 0 Å². The van der Waals surface area contributed by atoms with Crippen LogP contribution in [0.5, 0.6) is 17.2 Å². The van der Waals surface area contributed by atoms with Crippen LogP contribution in [-0.2, 0) is 9.59 Å². The Hall–Kier alpha value is -3.82. The van der Waals surface area contributed by atoms with Crippen molar-refractivity contribution in [2.24, 2.45) is 0 Å². The summed E-state index contributed by atoms with van der Waals surface area (Å²) in [6, 6.07) is 10.8. The number of nitrogens with zero attached hydrogens (tertiary/aromatic N) is 3. The summed E-state index contributed by atoms with van der Waals surface area (Å²) in [4.78, 5) is 38.4. The van der Waals surface area contributed by atoms with Crippen molar-refractivity contribution < 1.29 is 29.1 Å². The van der Waals surface area contributed by atoms with Gasteiger partial charge in [-0.05, 0) is 30.7 Å². The molecule has 0 unspecified atom stereocenters. The van der Waals surface area contributed by atoms with Crippen LogP contribution in [0.2, 0.25) is 0 Å². The van der Waals surface area contributed by atoms with Gasteiger partial charge in [0.2, 0.25) is 5.91 Å². The van der Waals surface area contributed by atoms with Gasteiger partial charge in [0.1, 0.15) is 5.75 Å². The minimum atomic E-state index is -0.470. The Bertz CT molecular complexity index is 987. The molecule has 0 saturated carbocycles. The van der Waals surface area contributed by atoms with E-state index in [2.05, 4.69) is 0 Å². The van der Waals surface area contributed by atoms with E-state index in [1.165, 1.54) is 24.3 Å². The van der Waals surface area contributed by atoms with E-state index in [9.17, 15) is 24.8 Å². The number of hydrogen-bond donors (Lipinski definition) is 1. The average Bonchev–Trinajstić information content (AvgIpc) is 2.79. The largest absolute Gasteiger partial charge is 0.504 e. The van der Waals surface area contributed by atoms with E-state index in [-0.39, 0.29) is 48.6 Å². The molecular weight excluding hydrogens is 418 g/mol. The highest BCUT2D eigenvalue weighted by molar-refractivity contribution is 5.79. The van der Waals surface area contributed by atoms with E-state index >= 15 is 0 Å². The first-order chi connectivity index (χ1) is 15.3. The molecule has 0 spiro atoms. The number of benzene rings is 2. The van der Waals surface area contributed by atoms with E-state index < -0.39 is 4.92 Å². The molecule has 1 fully saturated rings. The maximum absolute atomic E-state index is 12.4. The molecule has 10 heteroatoms. The molecule has 0 bridgehead atoms. The second-order valence-electron chi connectivity index (χ2n) is 7.32. The van der Waals surface area contributed by atoms with E-state index in [0.29, 0.717) is 37.5 Å². The number of carbonyl (C=O) groups excluding carboxylic acids is 2. The molecule has 1 N–H and O–H groups in total. The van der Waals surface area contributed by atoms with E-state index in [1.807, 2.05) is 0 Å². The SMILES string of the molecule is Cc1cc([N+](=O)[O-])ccc1OCCC(=O)N1CCN(C(=O)COc2ccccc2O)CC1. The number of nitro groups is 1. The number of aryl methyl sites for hydroxylation is 1. The molecule has 0 atom stereocenters. The fraction of sp³-hybridized carbons (Fsp3) is 0.364. The summed E-state index contributed by atoms with van der Waals surface area (Å²) >= 11 is 0. The molecule has 1 aliphatic rings. The Kier molecular flexibility index (Phi) is 7.48. The van der Waals surface area contributed by atoms with Crippen molar-refractivity contribution in [2.45, 2.75) is 13.3 Å². The number of piperazine rings is 1. The van der Waals surface area contributed by atoms with Crippen molar-refractivity contribution in [1.29, 1.82) is 0 Å². The summed E-state index contributed by atoms with van der Waals surface area (Å²) in [7, 11) is 0. The number of rotatable bonds is 8. The summed E-state index contributed by atoms with van der Waals surface area (Å²) in [6.07, 6.45) is 0.167. The molecule has 2 aromatic carbocycles. The number of hydrogen-bond acceptors (Lipinski definition) is 7. The number of phenols is 1. The van der Waals surface area contributed by atoms with E-state index in [0.717, 1.165) is 0 Å². The van der Waals surface area contributed by atoms with Gasteiger partial charge < -0.3 is 24.4 Å². The predicted molar refractivity (Wildman–Crippen MR) is 115 cm³/mol. The van der Waals surface area contributed by atoms with Crippen molar-refractivity contribution in [3.05, 3.63) is 58.1 Å². The van der Waals surface area contributed by atoms with Crippen molar-refractivity contribution >= 4 is 17.5 Å². The number of phenolic OH excluding ortho intramolecular Hbond substituents is 1. The summed E-state index contributed by atoms with van der Waals surface area (Å²) in [5.41, 5.74) is 0.620. The number of non-ortho nitro benzene ring substituents is 1. The zero-order chi connectivity index (χ0) is 23.1. The molecule has 32 heavy (non-hydrogen) atoms. The first-order valence-corrected chi connectivity index (χ1v) is 10.2. The number of nitro benzene ring substituents is 1. The average molecular weight is 443 g/mol. The first-order valence-electron chi connectivity index (χ1n) is 10.2. The highest BCUT2D eigenvalue weighted by atomic mass is 16.6. The zero-order valence-corrected chi connectivity index (χ0v) is 17.7. The molecule has 1 aliphatic heterocycles. The Morgan fingerprint density at radius 1 is 1.00 bits per heavy atom. The van der Waals surface area contributed by atoms with Crippen molar-refractivity contribution in [1.82, 2.24) is 9.80 Å². The van der Waals surface area contributed by atoms with Crippen LogP contribution in [0.1, 0.15) is 12.0 Å². The topological polar surface area (TPSA) is 122 Å². The number of para-hydroxylation sites is 2. The van der Waals surface area contributed by atoms with Gasteiger partial charge in [0.15, 0.2) is 18.1 Å². The number of aromatic hydroxyl groups is 1. The van der Waals surface area contributed by atoms with Crippen LogP contribution in [0, 0.1) is 17.0 Å². The van der Waals surface area contributed by atoms with Crippen LogP contribution in [0.4, 0.5) is 5.69 Å². The van der Waals surface area contributed by atoms with Crippen molar-refractivity contribution in [3.63, 3.8) is 0 Å². The lowest BCUT2D eigenvalue weighted by Crippen LogP contribution is -2.51. The number of ether oxygens (including phenoxy) is 2. The lowest BCUT2D eigenvalue weighted by atomic mass is 10.2. The van der Waals surface area contributed by atoms with Gasteiger partial charge in [-0.15, -0.1) is 0 Å². The molecule has 170 valence electrons. The molecule has 2 amide bonds. The van der Waals surface area contributed by atoms with Crippen molar-refractivity contribution in [2.75, 3.05) is 39.4 Å². The lowest BCUT2D eigenvalue weighted by Gasteiger charge is -2.34. The van der Waals surface area contributed by atoms with Gasteiger partial charge in [0.05, 0.1) is 18.0 Å². The summed E-state index contributed by atoms with van der Waals surface area (Å²) in [6.45, 7) is 3.31. The van der Waals surface area contributed by atoms with Gasteiger partial charge in [-0.25, -0.2) is 0 Å². The molecule has 1 heterocycles. The minimum Gasteiger partial charge on any atom is -0.504 e. The molecule has 10 nitrogen and oxygen atoms in total. The summed E-state index contributed by atoms with van der Waals surface area (Å²) in [5.74, 6) is 0.433. The third-order valence-corrected chi connectivity index (χ3v) is 5.14. The number of carbonyl (C=O) groups is 2. The molecule has 0 aromatic heterocycles. The first kappa shape index (κ1) is 22.9. The van der Waals surface area contributed by atoms with Gasteiger partial charge in [-0.1, -0.05) is 12.1 Å². The highest BCUT2D eigenvalue weighted by Gasteiger charge is 2.24. The van der Waals surface area contributed by atoms with Crippen LogP contribution < -0.4 is 9.47 Å². The maximum atomic E-state index is 12.4. The molecular formula is C22H25N3O7. The molecule has 2 aromatic rings.